The summed E-state index contributed by atoms with van der Waals surface area (Å²) in [7, 11) is 1.58. The van der Waals surface area contributed by atoms with E-state index in [4.69, 9.17) is 16.3 Å². The van der Waals surface area contributed by atoms with Gasteiger partial charge in [0, 0.05) is 25.2 Å². The molecule has 4 heteroatoms. The Morgan fingerprint density at radius 3 is 2.68 bits per heavy atom. The van der Waals surface area contributed by atoms with Crippen molar-refractivity contribution in [3.8, 4) is 0 Å². The second-order valence-corrected chi connectivity index (χ2v) is 4.96. The van der Waals surface area contributed by atoms with Crippen LogP contribution in [0.4, 0.5) is 0 Å². The summed E-state index contributed by atoms with van der Waals surface area (Å²) in [5.41, 5.74) is 1.04. The predicted molar refractivity (Wildman–Crippen MR) is 78.2 cm³/mol. The lowest BCUT2D eigenvalue weighted by Gasteiger charge is -2.26. The second-order valence-electron chi connectivity index (χ2n) is 4.52. The van der Waals surface area contributed by atoms with Gasteiger partial charge in [-0.2, -0.15) is 0 Å². The molecule has 0 aliphatic rings. The van der Waals surface area contributed by atoms with E-state index in [1.165, 1.54) is 0 Å². The Morgan fingerprint density at radius 2 is 2.16 bits per heavy atom. The highest BCUT2D eigenvalue weighted by Gasteiger charge is 2.22. The van der Waals surface area contributed by atoms with E-state index in [1.54, 1.807) is 7.11 Å². The zero-order chi connectivity index (χ0) is 14.3. The first-order valence-corrected chi connectivity index (χ1v) is 7.06. The van der Waals surface area contributed by atoms with E-state index in [2.05, 4.69) is 6.92 Å². The molecule has 0 N–H and O–H groups in total. The van der Waals surface area contributed by atoms with Crippen molar-refractivity contribution < 1.29 is 9.53 Å². The van der Waals surface area contributed by atoms with E-state index in [1.807, 2.05) is 36.1 Å². The Morgan fingerprint density at radius 1 is 1.42 bits per heavy atom. The van der Waals surface area contributed by atoms with Crippen LogP contribution in [0.2, 0.25) is 5.02 Å². The summed E-state index contributed by atoms with van der Waals surface area (Å²) in [5, 5.41) is 0.695. The van der Waals surface area contributed by atoms with Gasteiger partial charge in [0.2, 0.25) is 0 Å². The molecule has 1 amide bonds. The molecule has 106 valence electrons. The Hall–Kier alpha value is -1.06. The number of hydrogen-bond donors (Lipinski definition) is 0. The fourth-order valence-electron chi connectivity index (χ4n) is 2.04. The van der Waals surface area contributed by atoms with Crippen LogP contribution < -0.4 is 0 Å². The second kappa shape index (κ2) is 8.18. The molecule has 0 aromatic heterocycles. The van der Waals surface area contributed by atoms with Gasteiger partial charge in [-0.25, -0.2) is 0 Å². The van der Waals surface area contributed by atoms with E-state index in [-0.39, 0.29) is 12.0 Å². The molecule has 0 aliphatic carbocycles. The highest BCUT2D eigenvalue weighted by atomic mass is 35.5. The van der Waals surface area contributed by atoms with Crippen LogP contribution in [0.25, 0.3) is 0 Å². The first-order chi connectivity index (χ1) is 9.12. The number of carbonyl (C=O) groups is 1. The third-order valence-electron chi connectivity index (χ3n) is 3.00. The average Bonchev–Trinajstić information content (AvgIpc) is 2.39. The van der Waals surface area contributed by atoms with Gasteiger partial charge < -0.3 is 9.64 Å². The normalized spacial score (nSPS) is 12.2. The van der Waals surface area contributed by atoms with Gasteiger partial charge in [-0.3, -0.25) is 4.79 Å². The molecular formula is C15H22ClNO2. The van der Waals surface area contributed by atoms with Gasteiger partial charge >= 0.3 is 0 Å². The molecule has 0 heterocycles. The molecule has 1 aromatic rings. The lowest BCUT2D eigenvalue weighted by molar-refractivity contribution is -0.142. The number of ether oxygens (including phenoxy) is 1. The first-order valence-electron chi connectivity index (χ1n) is 6.68. The van der Waals surface area contributed by atoms with E-state index >= 15 is 0 Å². The van der Waals surface area contributed by atoms with Crippen molar-refractivity contribution in [1.29, 1.82) is 0 Å². The van der Waals surface area contributed by atoms with Crippen molar-refractivity contribution in [1.82, 2.24) is 4.90 Å². The van der Waals surface area contributed by atoms with Crippen molar-refractivity contribution in [2.75, 3.05) is 13.7 Å². The molecule has 0 bridgehead atoms. The van der Waals surface area contributed by atoms with Crippen LogP contribution in [0.15, 0.2) is 24.3 Å². The Labute approximate surface area is 120 Å². The maximum atomic E-state index is 12.4. The van der Waals surface area contributed by atoms with Gasteiger partial charge in [0.1, 0.15) is 6.10 Å². The lowest BCUT2D eigenvalue weighted by atomic mass is 10.1. The number of methoxy groups -OCH3 is 1. The molecule has 1 aromatic carbocycles. The Balaban J connectivity index is 2.80. The fraction of sp³-hybridized carbons (Fsp3) is 0.533. The molecule has 0 aliphatic heterocycles. The fourth-order valence-corrected chi connectivity index (χ4v) is 2.25. The summed E-state index contributed by atoms with van der Waals surface area (Å²) in [6.45, 7) is 5.32. The highest BCUT2D eigenvalue weighted by molar-refractivity contribution is 6.30. The third kappa shape index (κ3) is 4.84. The van der Waals surface area contributed by atoms with E-state index in [0.717, 1.165) is 18.5 Å². The summed E-state index contributed by atoms with van der Waals surface area (Å²) >= 11 is 5.97. The topological polar surface area (TPSA) is 29.5 Å². The SMILES string of the molecule is CCCN(Cc1cccc(Cl)c1)C(=O)[C@@H](CC)OC. The van der Waals surface area contributed by atoms with Crippen LogP contribution in [0, 0.1) is 0 Å². The maximum Gasteiger partial charge on any atom is 0.251 e. The number of nitrogens with zero attached hydrogens (tertiary/aromatic N) is 1. The summed E-state index contributed by atoms with van der Waals surface area (Å²) in [6.07, 6.45) is 1.25. The molecule has 0 radical (unpaired) electrons. The van der Waals surface area contributed by atoms with Gasteiger partial charge in [0.25, 0.3) is 5.91 Å². The Bertz CT molecular complexity index is 405. The molecule has 19 heavy (non-hydrogen) atoms. The zero-order valence-corrected chi connectivity index (χ0v) is 12.6. The largest absolute Gasteiger partial charge is 0.372 e. The summed E-state index contributed by atoms with van der Waals surface area (Å²) < 4.78 is 5.23. The first kappa shape index (κ1) is 16.0. The van der Waals surface area contributed by atoms with Crippen molar-refractivity contribution >= 4 is 17.5 Å². The number of hydrogen-bond acceptors (Lipinski definition) is 2. The predicted octanol–water partition coefficient (Wildman–Crippen LogP) is 3.50. The van der Waals surface area contributed by atoms with Crippen molar-refractivity contribution in [3.05, 3.63) is 34.9 Å². The van der Waals surface area contributed by atoms with E-state index in [9.17, 15) is 4.79 Å². The smallest absolute Gasteiger partial charge is 0.251 e. The third-order valence-corrected chi connectivity index (χ3v) is 3.23. The summed E-state index contributed by atoms with van der Waals surface area (Å²) in [4.78, 5) is 14.2. The van der Waals surface area contributed by atoms with Crippen LogP contribution in [-0.4, -0.2) is 30.6 Å². The maximum absolute atomic E-state index is 12.4. The van der Waals surface area contributed by atoms with Crippen LogP contribution in [0.5, 0.6) is 0 Å². The quantitative estimate of drug-likeness (QED) is 0.766. The number of benzene rings is 1. The van der Waals surface area contributed by atoms with Crippen molar-refractivity contribution in [3.63, 3.8) is 0 Å². The molecule has 0 saturated carbocycles. The van der Waals surface area contributed by atoms with Gasteiger partial charge in [0.05, 0.1) is 0 Å². The number of rotatable bonds is 7. The van der Waals surface area contributed by atoms with Crippen LogP contribution in [-0.2, 0) is 16.1 Å². The molecular weight excluding hydrogens is 262 g/mol. The van der Waals surface area contributed by atoms with Gasteiger partial charge in [-0.05, 0) is 30.5 Å². The van der Waals surface area contributed by atoms with Gasteiger partial charge in [-0.15, -0.1) is 0 Å². The lowest BCUT2D eigenvalue weighted by Crippen LogP contribution is -2.39. The number of carbonyl (C=O) groups excluding carboxylic acids is 1. The van der Waals surface area contributed by atoms with Crippen LogP contribution in [0.1, 0.15) is 32.3 Å². The zero-order valence-electron chi connectivity index (χ0n) is 11.9. The van der Waals surface area contributed by atoms with Crippen molar-refractivity contribution in [2.24, 2.45) is 0 Å². The van der Waals surface area contributed by atoms with E-state index in [0.29, 0.717) is 18.0 Å². The molecule has 0 saturated heterocycles. The number of amides is 1. The van der Waals surface area contributed by atoms with Crippen LogP contribution in [0.3, 0.4) is 0 Å². The summed E-state index contributed by atoms with van der Waals surface area (Å²) in [6, 6.07) is 7.61. The van der Waals surface area contributed by atoms with E-state index < -0.39 is 0 Å². The molecule has 3 nitrogen and oxygen atoms in total. The monoisotopic (exact) mass is 283 g/mol. The Kier molecular flexibility index (Phi) is 6.89. The minimum absolute atomic E-state index is 0.0480. The molecule has 1 rings (SSSR count). The number of halogens is 1. The van der Waals surface area contributed by atoms with Gasteiger partial charge in [0.15, 0.2) is 0 Å². The van der Waals surface area contributed by atoms with Crippen molar-refractivity contribution in [2.45, 2.75) is 39.3 Å². The summed E-state index contributed by atoms with van der Waals surface area (Å²) in [5.74, 6) is 0.0480. The molecule has 0 unspecified atom stereocenters. The average molecular weight is 284 g/mol. The van der Waals surface area contributed by atoms with Crippen LogP contribution >= 0.6 is 11.6 Å². The standard InChI is InChI=1S/C15H22ClNO2/c1-4-9-17(15(18)14(5-2)19-3)11-12-7-6-8-13(16)10-12/h6-8,10,14H,4-5,9,11H2,1-3H3/t14-/m1/s1. The minimum atomic E-state index is -0.356. The molecule has 0 spiro atoms. The minimum Gasteiger partial charge on any atom is -0.372 e. The molecule has 0 fully saturated rings. The molecule has 1 atom stereocenters. The highest BCUT2D eigenvalue weighted by Crippen LogP contribution is 2.14. The van der Waals surface area contributed by atoms with Gasteiger partial charge in [-0.1, -0.05) is 37.6 Å².